The van der Waals surface area contributed by atoms with Crippen LogP contribution < -0.4 is 64.7 Å². The van der Waals surface area contributed by atoms with Crippen molar-refractivity contribution in [2.75, 3.05) is 0 Å². The molecule has 0 aliphatic heterocycles. The number of benzene rings is 1. The van der Waals surface area contributed by atoms with Gasteiger partial charge in [-0.2, -0.15) is 16.8 Å². The largest absolute Gasteiger partial charge is 1.00 e. The number of rotatable bonds is 3. The molecule has 1 heterocycles. The van der Waals surface area contributed by atoms with Crippen LogP contribution in [0.4, 0.5) is 0 Å². The monoisotopic (exact) mass is 424 g/mol. The van der Waals surface area contributed by atoms with Gasteiger partial charge in [0.25, 0.3) is 25.8 Å². The van der Waals surface area contributed by atoms with Gasteiger partial charge >= 0.3 is 59.1 Å². The number of aromatic amines is 1. The van der Waals surface area contributed by atoms with Gasteiger partial charge in [-0.1, -0.05) is 20.8 Å². The Balaban J connectivity index is -0.00000156. The molecule has 0 saturated heterocycles. The van der Waals surface area contributed by atoms with Gasteiger partial charge in [0.1, 0.15) is 0 Å². The molecule has 0 atom stereocenters. The van der Waals surface area contributed by atoms with Gasteiger partial charge < -0.3 is 2.85 Å². The van der Waals surface area contributed by atoms with Gasteiger partial charge in [0.15, 0.2) is 0 Å². The molecule has 2 aromatic rings. The fraction of sp³-hybridized carbons (Fsp3) is 0.308. The molecule has 2 rings (SSSR count). The molecule has 1 aromatic heterocycles. The van der Waals surface area contributed by atoms with E-state index in [0.717, 1.165) is 16.8 Å². The Morgan fingerprint density at radius 1 is 0.923 bits per heavy atom. The number of nitrogens with one attached hydrogen (secondary N) is 1. The van der Waals surface area contributed by atoms with E-state index in [4.69, 9.17) is 9.11 Å². The average Bonchev–Trinajstić information content (AvgIpc) is 2.78. The first-order valence-electron chi connectivity index (χ1n) is 6.62. The fourth-order valence-corrected chi connectivity index (χ4v) is 3.12. The van der Waals surface area contributed by atoms with Crippen LogP contribution in [0.5, 0.6) is 0 Å². The average molecular weight is 424 g/mol. The Labute approximate surface area is 198 Å². The minimum absolute atomic E-state index is 0. The van der Waals surface area contributed by atoms with Crippen LogP contribution in [0.2, 0.25) is 0 Å². The maximum Gasteiger partial charge on any atom is 1.00 e. The molecule has 0 saturated carbocycles. The third kappa shape index (κ3) is 6.03. The van der Waals surface area contributed by atoms with Crippen molar-refractivity contribution in [2.45, 2.75) is 36.0 Å². The minimum Gasteiger partial charge on any atom is -1.00 e. The van der Waals surface area contributed by atoms with Gasteiger partial charge in [0, 0.05) is 17.2 Å². The summed E-state index contributed by atoms with van der Waals surface area (Å²) >= 11 is 0. The third-order valence-electron chi connectivity index (χ3n) is 3.25. The van der Waals surface area contributed by atoms with Crippen molar-refractivity contribution in [3.05, 3.63) is 40.3 Å². The van der Waals surface area contributed by atoms with Crippen molar-refractivity contribution in [2.24, 2.45) is 0 Å². The smallest absolute Gasteiger partial charge is 1.00 e. The maximum atomic E-state index is 12.1. The van der Waals surface area contributed by atoms with Crippen molar-refractivity contribution in [3.8, 4) is 5.69 Å². The van der Waals surface area contributed by atoms with Gasteiger partial charge in [-0.05, 0) is 18.2 Å². The molecule has 13 heteroatoms. The topological polar surface area (TPSA) is 147 Å². The van der Waals surface area contributed by atoms with Crippen molar-refractivity contribution in [1.29, 1.82) is 0 Å². The van der Waals surface area contributed by atoms with Crippen molar-refractivity contribution in [1.82, 2.24) is 9.78 Å². The van der Waals surface area contributed by atoms with Crippen LogP contribution in [0.3, 0.4) is 0 Å². The molecule has 0 fully saturated rings. The Hall–Kier alpha value is 0.0500. The quantitative estimate of drug-likeness (QED) is 0.331. The van der Waals surface area contributed by atoms with Crippen molar-refractivity contribution >= 4 is 20.2 Å². The predicted molar refractivity (Wildman–Crippen MR) is 86.9 cm³/mol. The molecule has 3 N–H and O–H groups in total. The van der Waals surface area contributed by atoms with Crippen LogP contribution in [0.25, 0.3) is 5.69 Å². The molecular formula is C13H18N2Na2O7S2. The van der Waals surface area contributed by atoms with Crippen LogP contribution in [-0.2, 0) is 25.7 Å². The summed E-state index contributed by atoms with van der Waals surface area (Å²) in [7, 11) is -9.51. The summed E-state index contributed by atoms with van der Waals surface area (Å²) in [5.74, 6) is 0. The minimum atomic E-state index is -4.76. The number of H-pyrrole nitrogens is 1. The zero-order valence-corrected chi connectivity index (χ0v) is 20.6. The molecule has 26 heavy (non-hydrogen) atoms. The molecule has 0 spiro atoms. The molecule has 0 radical (unpaired) electrons. The normalized spacial score (nSPS) is 12.2. The number of nitrogens with zero attached hydrogens (tertiary/aromatic N) is 1. The molecule has 0 unspecified atom stereocenters. The standard InChI is InChI=1S/C13H16N2O7S2.2Na.2H/c1-13(2,3)11-7-12(16)15(14-11)8-4-9(23(17,18)19)6-10(5-8)24(20,21)22;;;;/h4-7,14H,1-3H3,(H,17,18,19)(H,20,21,22);;;;/q;2*+1;2*-1. The number of hydrogen-bond donors (Lipinski definition) is 3. The summed E-state index contributed by atoms with van der Waals surface area (Å²) in [5, 5.41) is 2.75. The second-order valence-electron chi connectivity index (χ2n) is 6.21. The van der Waals surface area contributed by atoms with E-state index in [9.17, 15) is 21.6 Å². The van der Waals surface area contributed by atoms with Crippen LogP contribution >= 0.6 is 0 Å². The van der Waals surface area contributed by atoms with E-state index in [0.29, 0.717) is 11.8 Å². The van der Waals surface area contributed by atoms with Crippen molar-refractivity contribution in [3.63, 3.8) is 0 Å². The summed E-state index contributed by atoms with van der Waals surface area (Å²) in [6.07, 6.45) is 0. The van der Waals surface area contributed by atoms with E-state index < -0.39 is 41.0 Å². The van der Waals surface area contributed by atoms with Crippen LogP contribution in [0, 0.1) is 0 Å². The zero-order valence-electron chi connectivity index (χ0n) is 17.0. The Kier molecular flexibility index (Phi) is 8.61. The fourth-order valence-electron chi connectivity index (χ4n) is 1.96. The molecule has 1 aromatic carbocycles. The maximum absolute atomic E-state index is 12.1. The molecule has 0 aliphatic rings. The summed E-state index contributed by atoms with van der Waals surface area (Å²) in [6.45, 7) is 5.50. The van der Waals surface area contributed by atoms with E-state index in [1.54, 1.807) is 0 Å². The second kappa shape index (κ2) is 8.60. The first kappa shape index (κ1) is 26.1. The Morgan fingerprint density at radius 2 is 1.35 bits per heavy atom. The third-order valence-corrected chi connectivity index (χ3v) is 4.91. The summed E-state index contributed by atoms with van der Waals surface area (Å²) in [6, 6.07) is 3.70. The SMILES string of the molecule is CC(C)(C)c1cc(=O)n(-c2cc(S(=O)(=O)O)cc(S(=O)(=O)O)c2)[nH]1.[H-].[H-].[Na+].[Na+]. The molecule has 136 valence electrons. The molecule has 0 aliphatic carbocycles. The first-order chi connectivity index (χ1) is 10.7. The van der Waals surface area contributed by atoms with Gasteiger partial charge in [-0.25, -0.2) is 4.68 Å². The van der Waals surface area contributed by atoms with Gasteiger partial charge in [0.05, 0.1) is 15.5 Å². The van der Waals surface area contributed by atoms with E-state index in [1.165, 1.54) is 6.07 Å². The summed E-state index contributed by atoms with van der Waals surface area (Å²) < 4.78 is 64.5. The molecule has 0 bridgehead atoms. The van der Waals surface area contributed by atoms with Crippen LogP contribution in [0.1, 0.15) is 29.3 Å². The van der Waals surface area contributed by atoms with Crippen LogP contribution in [0.15, 0.2) is 38.9 Å². The zero-order chi connectivity index (χ0) is 18.5. The van der Waals surface area contributed by atoms with Crippen LogP contribution in [-0.4, -0.2) is 35.7 Å². The van der Waals surface area contributed by atoms with Gasteiger partial charge in [0.2, 0.25) is 0 Å². The van der Waals surface area contributed by atoms with E-state index in [2.05, 4.69) is 5.10 Å². The van der Waals surface area contributed by atoms with Crippen molar-refractivity contribution < 1.29 is 87.9 Å². The number of aromatic nitrogens is 2. The Bertz CT molecular complexity index is 1020. The van der Waals surface area contributed by atoms with E-state index >= 15 is 0 Å². The molecule has 9 nitrogen and oxygen atoms in total. The van der Waals surface area contributed by atoms with Gasteiger partial charge in [-0.3, -0.25) is 19.0 Å². The first-order valence-corrected chi connectivity index (χ1v) is 9.50. The summed E-state index contributed by atoms with van der Waals surface area (Å²) in [4.78, 5) is 10.6. The Morgan fingerprint density at radius 3 is 1.65 bits per heavy atom. The van der Waals surface area contributed by atoms with E-state index in [-0.39, 0.29) is 67.7 Å². The predicted octanol–water partition coefficient (Wildman–Crippen LogP) is -4.81. The van der Waals surface area contributed by atoms with Gasteiger partial charge in [-0.15, -0.1) is 0 Å². The molecule has 0 amide bonds. The molecular weight excluding hydrogens is 406 g/mol. The number of hydrogen-bond acceptors (Lipinski definition) is 5. The second-order valence-corrected chi connectivity index (χ2v) is 9.05. The van der Waals surface area contributed by atoms with E-state index in [1.807, 2.05) is 20.8 Å². The summed E-state index contributed by atoms with van der Waals surface area (Å²) in [5.41, 5.74) is -0.623.